The minimum absolute atomic E-state index is 0.0120. The van der Waals surface area contributed by atoms with Gasteiger partial charge in [0.2, 0.25) is 0 Å². The van der Waals surface area contributed by atoms with E-state index >= 15 is 0 Å². The van der Waals surface area contributed by atoms with E-state index in [4.69, 9.17) is 23.2 Å². The lowest BCUT2D eigenvalue weighted by Gasteiger charge is -2.04. The molecule has 2 rings (SSSR count). The molecule has 0 atom stereocenters. The Morgan fingerprint density at radius 1 is 1.10 bits per heavy atom. The van der Waals surface area contributed by atoms with Gasteiger partial charge in [0, 0.05) is 29.1 Å². The molecule has 0 unspecified atom stereocenters. The smallest absolute Gasteiger partial charge is 0.269 e. The molecule has 0 aliphatic heterocycles. The molecule has 2 aromatic rings. The van der Waals surface area contributed by atoms with Crippen LogP contribution in [-0.4, -0.2) is 10.7 Å². The van der Waals surface area contributed by atoms with Crippen LogP contribution in [-0.2, 0) is 6.42 Å². The van der Waals surface area contributed by atoms with E-state index in [0.29, 0.717) is 21.2 Å². The van der Waals surface area contributed by atoms with Crippen molar-refractivity contribution in [2.75, 3.05) is 0 Å². The first-order chi connectivity index (χ1) is 9.47. The highest BCUT2D eigenvalue weighted by atomic mass is 35.5. The van der Waals surface area contributed by atoms with Crippen molar-refractivity contribution >= 4 is 34.7 Å². The molecule has 2 aromatic carbocycles. The summed E-state index contributed by atoms with van der Waals surface area (Å²) in [6.45, 7) is 0. The van der Waals surface area contributed by atoms with E-state index in [9.17, 15) is 14.9 Å². The molecule has 102 valence electrons. The van der Waals surface area contributed by atoms with Crippen molar-refractivity contribution in [1.82, 2.24) is 0 Å². The van der Waals surface area contributed by atoms with Crippen LogP contribution in [0.4, 0.5) is 5.69 Å². The topological polar surface area (TPSA) is 60.2 Å². The maximum Gasteiger partial charge on any atom is 0.269 e. The van der Waals surface area contributed by atoms with Crippen molar-refractivity contribution in [3.8, 4) is 0 Å². The Kier molecular flexibility index (Phi) is 4.37. The van der Waals surface area contributed by atoms with Gasteiger partial charge < -0.3 is 0 Å². The van der Waals surface area contributed by atoms with Gasteiger partial charge in [-0.3, -0.25) is 14.9 Å². The molecule has 0 heterocycles. The summed E-state index contributed by atoms with van der Waals surface area (Å²) in [5, 5.41) is 11.3. The lowest BCUT2D eigenvalue weighted by Crippen LogP contribution is -2.04. The van der Waals surface area contributed by atoms with Gasteiger partial charge in [-0.15, -0.1) is 0 Å². The Morgan fingerprint density at radius 2 is 1.75 bits per heavy atom. The number of carbonyl (C=O) groups excluding carboxylic acids is 1. The predicted molar refractivity (Wildman–Crippen MR) is 77.6 cm³/mol. The zero-order valence-electron chi connectivity index (χ0n) is 10.2. The molecular weight excluding hydrogens is 301 g/mol. The van der Waals surface area contributed by atoms with Crippen molar-refractivity contribution in [3.05, 3.63) is 73.8 Å². The quantitative estimate of drug-likeness (QED) is 0.480. The summed E-state index contributed by atoms with van der Waals surface area (Å²) in [5.41, 5.74) is 1.01. The van der Waals surface area contributed by atoms with Crippen molar-refractivity contribution in [3.63, 3.8) is 0 Å². The molecule has 0 spiro atoms. The summed E-state index contributed by atoms with van der Waals surface area (Å²) < 4.78 is 0. The van der Waals surface area contributed by atoms with Crippen molar-refractivity contribution in [1.29, 1.82) is 0 Å². The summed E-state index contributed by atoms with van der Waals surface area (Å²) >= 11 is 11.8. The Labute approximate surface area is 125 Å². The second-order valence-electron chi connectivity index (χ2n) is 4.15. The van der Waals surface area contributed by atoms with Gasteiger partial charge in [-0.2, -0.15) is 0 Å². The van der Waals surface area contributed by atoms with Crippen LogP contribution in [0.15, 0.2) is 42.5 Å². The Bertz CT molecular complexity index is 669. The van der Waals surface area contributed by atoms with Gasteiger partial charge >= 0.3 is 0 Å². The Morgan fingerprint density at radius 3 is 2.35 bits per heavy atom. The number of nitro groups is 1. The fourth-order valence-corrected chi connectivity index (χ4v) is 2.12. The predicted octanol–water partition coefficient (Wildman–Crippen LogP) is 4.33. The number of nitrogens with zero attached hydrogens (tertiary/aromatic N) is 1. The van der Waals surface area contributed by atoms with Crippen LogP contribution in [0.1, 0.15) is 15.9 Å². The van der Waals surface area contributed by atoms with Gasteiger partial charge in [-0.1, -0.05) is 35.3 Å². The molecule has 0 fully saturated rings. The first-order valence-corrected chi connectivity index (χ1v) is 6.44. The van der Waals surface area contributed by atoms with Crippen LogP contribution in [0.25, 0.3) is 0 Å². The van der Waals surface area contributed by atoms with E-state index in [1.807, 2.05) is 0 Å². The monoisotopic (exact) mass is 309 g/mol. The Hall–Kier alpha value is -1.91. The van der Waals surface area contributed by atoms with E-state index in [2.05, 4.69) is 0 Å². The highest BCUT2D eigenvalue weighted by molar-refractivity contribution is 6.35. The minimum Gasteiger partial charge on any atom is -0.294 e. The number of nitro benzene ring substituents is 1. The molecule has 0 saturated carbocycles. The fraction of sp³-hybridized carbons (Fsp3) is 0.0714. The number of rotatable bonds is 4. The number of benzene rings is 2. The molecule has 0 aliphatic rings. The molecule has 0 saturated heterocycles. The van der Waals surface area contributed by atoms with Crippen LogP contribution in [0.3, 0.4) is 0 Å². The van der Waals surface area contributed by atoms with Crippen LogP contribution in [0, 0.1) is 10.1 Å². The van der Waals surface area contributed by atoms with Gasteiger partial charge in [-0.25, -0.2) is 0 Å². The SMILES string of the molecule is O=C(Cc1ccc([N+](=O)[O-])cc1)c1cc(Cl)ccc1Cl. The normalized spacial score (nSPS) is 10.3. The van der Waals surface area contributed by atoms with E-state index in [0.717, 1.165) is 0 Å². The third-order valence-corrected chi connectivity index (χ3v) is 3.31. The molecule has 0 amide bonds. The minimum atomic E-state index is -0.487. The number of carbonyl (C=O) groups is 1. The highest BCUT2D eigenvalue weighted by Crippen LogP contribution is 2.22. The zero-order chi connectivity index (χ0) is 14.7. The average Bonchev–Trinajstić information content (AvgIpc) is 2.42. The maximum atomic E-state index is 12.1. The molecular formula is C14H9Cl2NO3. The van der Waals surface area contributed by atoms with Gasteiger partial charge in [-0.05, 0) is 23.8 Å². The van der Waals surface area contributed by atoms with E-state index < -0.39 is 4.92 Å². The molecule has 0 bridgehead atoms. The number of halogens is 2. The van der Waals surface area contributed by atoms with Crippen LogP contribution < -0.4 is 0 Å². The van der Waals surface area contributed by atoms with Crippen LogP contribution in [0.2, 0.25) is 10.0 Å². The standard InChI is InChI=1S/C14H9Cl2NO3/c15-10-3-6-13(16)12(8-10)14(18)7-9-1-4-11(5-2-9)17(19)20/h1-6,8H,7H2. The zero-order valence-corrected chi connectivity index (χ0v) is 11.7. The maximum absolute atomic E-state index is 12.1. The van der Waals surface area contributed by atoms with Gasteiger partial charge in [0.15, 0.2) is 5.78 Å². The van der Waals surface area contributed by atoms with Crippen molar-refractivity contribution < 1.29 is 9.72 Å². The van der Waals surface area contributed by atoms with E-state index in [1.165, 1.54) is 18.2 Å². The van der Waals surface area contributed by atoms with E-state index in [-0.39, 0.29) is 17.9 Å². The van der Waals surface area contributed by atoms with Crippen molar-refractivity contribution in [2.24, 2.45) is 0 Å². The van der Waals surface area contributed by atoms with Crippen molar-refractivity contribution in [2.45, 2.75) is 6.42 Å². The van der Waals surface area contributed by atoms with E-state index in [1.54, 1.807) is 24.3 Å². The summed E-state index contributed by atoms with van der Waals surface area (Å²) in [5.74, 6) is -0.189. The molecule has 6 heteroatoms. The first kappa shape index (κ1) is 14.5. The molecule has 20 heavy (non-hydrogen) atoms. The Balaban J connectivity index is 2.19. The molecule has 0 N–H and O–H groups in total. The summed E-state index contributed by atoms with van der Waals surface area (Å²) in [7, 11) is 0. The van der Waals surface area contributed by atoms with Gasteiger partial charge in [0.1, 0.15) is 0 Å². The number of hydrogen-bond donors (Lipinski definition) is 0. The largest absolute Gasteiger partial charge is 0.294 e. The summed E-state index contributed by atoms with van der Waals surface area (Å²) in [6.07, 6.45) is 0.109. The second-order valence-corrected chi connectivity index (χ2v) is 4.99. The number of Topliss-reactive ketones (excluding diaryl/α,β-unsaturated/α-hetero) is 1. The van der Waals surface area contributed by atoms with Crippen LogP contribution in [0.5, 0.6) is 0 Å². The molecule has 0 aromatic heterocycles. The van der Waals surface area contributed by atoms with Crippen LogP contribution >= 0.6 is 23.2 Å². The molecule has 4 nitrogen and oxygen atoms in total. The summed E-state index contributed by atoms with van der Waals surface area (Å²) in [4.78, 5) is 22.2. The molecule has 0 radical (unpaired) electrons. The third-order valence-electron chi connectivity index (χ3n) is 2.74. The number of ketones is 1. The highest BCUT2D eigenvalue weighted by Gasteiger charge is 2.13. The fourth-order valence-electron chi connectivity index (χ4n) is 1.73. The third kappa shape index (κ3) is 3.35. The number of hydrogen-bond acceptors (Lipinski definition) is 3. The van der Waals surface area contributed by atoms with Gasteiger partial charge in [0.25, 0.3) is 5.69 Å². The lowest BCUT2D eigenvalue weighted by molar-refractivity contribution is -0.384. The summed E-state index contributed by atoms with van der Waals surface area (Å²) in [6, 6.07) is 10.5. The second kappa shape index (κ2) is 6.03. The van der Waals surface area contributed by atoms with Gasteiger partial charge in [0.05, 0.1) is 9.95 Å². The lowest BCUT2D eigenvalue weighted by atomic mass is 10.0. The molecule has 0 aliphatic carbocycles. The first-order valence-electron chi connectivity index (χ1n) is 5.69. The average molecular weight is 310 g/mol. The number of non-ortho nitro benzene ring substituents is 1.